The molecule has 0 unspecified atom stereocenters. The highest BCUT2D eigenvalue weighted by Crippen LogP contribution is 2.35. The summed E-state index contributed by atoms with van der Waals surface area (Å²) in [6.07, 6.45) is -3.06. The van der Waals surface area contributed by atoms with Crippen LogP contribution < -0.4 is 5.32 Å². The van der Waals surface area contributed by atoms with E-state index < -0.39 is 23.3 Å². The normalized spacial score (nSPS) is 14.3. The summed E-state index contributed by atoms with van der Waals surface area (Å²) in [5.41, 5.74) is -0.535. The summed E-state index contributed by atoms with van der Waals surface area (Å²) >= 11 is 0. The number of rotatable bonds is 4. The van der Waals surface area contributed by atoms with Gasteiger partial charge in [0.25, 0.3) is 0 Å². The van der Waals surface area contributed by atoms with Crippen LogP contribution >= 0.6 is 0 Å². The molecule has 0 spiro atoms. The van der Waals surface area contributed by atoms with Crippen molar-refractivity contribution in [3.05, 3.63) is 89.1 Å². The molecule has 0 radical (unpaired) electrons. The highest BCUT2D eigenvalue weighted by Gasteiger charge is 2.35. The highest BCUT2D eigenvalue weighted by molar-refractivity contribution is 6.40. The summed E-state index contributed by atoms with van der Waals surface area (Å²) in [6, 6.07) is 10.7. The van der Waals surface area contributed by atoms with Gasteiger partial charge in [0.1, 0.15) is 0 Å². The number of benzene rings is 2. The van der Waals surface area contributed by atoms with Gasteiger partial charge >= 0.3 is 6.18 Å². The molecule has 3 nitrogen and oxygen atoms in total. The molecule has 0 bridgehead atoms. The monoisotopic (exact) mass is 357 g/mol. The van der Waals surface area contributed by atoms with Crippen molar-refractivity contribution in [2.45, 2.75) is 6.18 Å². The smallest absolute Gasteiger partial charge is 0.378 e. The van der Waals surface area contributed by atoms with Crippen LogP contribution in [0.3, 0.4) is 0 Å². The predicted octanol–water partition coefficient (Wildman–Crippen LogP) is 4.27. The Bertz CT molecular complexity index is 942. The molecule has 0 saturated heterocycles. The number of allylic oxidation sites excluding steroid dienone is 2. The number of ketones is 2. The summed E-state index contributed by atoms with van der Waals surface area (Å²) < 4.78 is 39.2. The lowest BCUT2D eigenvalue weighted by Gasteiger charge is -2.22. The third-order valence-electron chi connectivity index (χ3n) is 4.02. The molecule has 0 aromatic heterocycles. The van der Waals surface area contributed by atoms with Crippen LogP contribution in [-0.2, 0) is 6.18 Å². The Morgan fingerprint density at radius 1 is 0.962 bits per heavy atom. The summed E-state index contributed by atoms with van der Waals surface area (Å²) in [7, 11) is 0. The van der Waals surface area contributed by atoms with Gasteiger partial charge in [-0.3, -0.25) is 9.59 Å². The second-order valence-electron chi connectivity index (χ2n) is 5.70. The van der Waals surface area contributed by atoms with Crippen molar-refractivity contribution in [1.29, 1.82) is 0 Å². The summed E-state index contributed by atoms with van der Waals surface area (Å²) in [5.74, 6) is -0.930. The number of Topliss-reactive ketones (excluding diaryl/α,β-unsaturated/α-hetero) is 2. The second-order valence-corrected chi connectivity index (χ2v) is 5.70. The molecule has 132 valence electrons. The molecule has 0 heterocycles. The third kappa shape index (κ3) is 3.06. The van der Waals surface area contributed by atoms with Crippen LogP contribution in [0.5, 0.6) is 0 Å². The molecule has 0 amide bonds. The van der Waals surface area contributed by atoms with E-state index in [0.29, 0.717) is 0 Å². The molecule has 2 aromatic carbocycles. The molecule has 0 atom stereocenters. The van der Waals surface area contributed by atoms with E-state index >= 15 is 0 Å². The maximum atomic E-state index is 13.1. The SMILES string of the molecule is C=CCNC1=C(c2cccc(C(F)(F)F)c2)C(=O)c2ccccc2C1=O. The Labute approximate surface area is 147 Å². The Morgan fingerprint density at radius 3 is 2.23 bits per heavy atom. The minimum Gasteiger partial charge on any atom is -0.378 e. The average molecular weight is 357 g/mol. The molecule has 0 fully saturated rings. The number of nitrogens with one attached hydrogen (secondary N) is 1. The Morgan fingerprint density at radius 2 is 1.62 bits per heavy atom. The summed E-state index contributed by atoms with van der Waals surface area (Å²) in [5, 5.41) is 2.81. The van der Waals surface area contributed by atoms with E-state index in [-0.39, 0.29) is 34.5 Å². The van der Waals surface area contributed by atoms with E-state index in [9.17, 15) is 22.8 Å². The van der Waals surface area contributed by atoms with Gasteiger partial charge in [0.05, 0.1) is 16.8 Å². The zero-order chi connectivity index (χ0) is 18.9. The largest absolute Gasteiger partial charge is 0.416 e. The molecule has 6 heteroatoms. The zero-order valence-electron chi connectivity index (χ0n) is 13.6. The fourth-order valence-corrected chi connectivity index (χ4v) is 2.84. The lowest BCUT2D eigenvalue weighted by atomic mass is 9.83. The van der Waals surface area contributed by atoms with E-state index in [1.807, 2.05) is 0 Å². The van der Waals surface area contributed by atoms with E-state index in [2.05, 4.69) is 11.9 Å². The number of hydrogen-bond donors (Lipinski definition) is 1. The van der Waals surface area contributed by atoms with Crippen molar-refractivity contribution in [2.24, 2.45) is 0 Å². The van der Waals surface area contributed by atoms with Gasteiger partial charge in [-0.2, -0.15) is 13.2 Å². The van der Waals surface area contributed by atoms with Gasteiger partial charge in [-0.25, -0.2) is 0 Å². The van der Waals surface area contributed by atoms with Gasteiger partial charge in [-0.15, -0.1) is 6.58 Å². The molecule has 1 aliphatic rings. The van der Waals surface area contributed by atoms with Gasteiger partial charge < -0.3 is 5.32 Å². The molecular formula is C20H14F3NO2. The maximum Gasteiger partial charge on any atom is 0.416 e. The summed E-state index contributed by atoms with van der Waals surface area (Å²) in [4.78, 5) is 25.7. The van der Waals surface area contributed by atoms with Crippen LogP contribution in [0.4, 0.5) is 13.2 Å². The van der Waals surface area contributed by atoms with Crippen molar-refractivity contribution in [3.8, 4) is 0 Å². The highest BCUT2D eigenvalue weighted by atomic mass is 19.4. The minimum atomic E-state index is -4.55. The Kier molecular flexibility index (Phi) is 4.50. The molecular weight excluding hydrogens is 343 g/mol. The fourth-order valence-electron chi connectivity index (χ4n) is 2.84. The van der Waals surface area contributed by atoms with Gasteiger partial charge in [-0.05, 0) is 17.7 Å². The Hall–Kier alpha value is -3.15. The van der Waals surface area contributed by atoms with Crippen LogP contribution in [0.25, 0.3) is 5.57 Å². The lowest BCUT2D eigenvalue weighted by molar-refractivity contribution is -0.137. The molecule has 1 N–H and O–H groups in total. The van der Waals surface area contributed by atoms with Crippen LogP contribution in [0.15, 0.2) is 66.9 Å². The number of hydrogen-bond acceptors (Lipinski definition) is 3. The number of carbonyl (C=O) groups is 2. The van der Waals surface area contributed by atoms with Crippen LogP contribution in [0.2, 0.25) is 0 Å². The molecule has 26 heavy (non-hydrogen) atoms. The maximum absolute atomic E-state index is 13.1. The Balaban J connectivity index is 2.22. The fraction of sp³-hybridized carbons (Fsp3) is 0.100. The quantitative estimate of drug-likeness (QED) is 0.831. The molecule has 2 aromatic rings. The third-order valence-corrected chi connectivity index (χ3v) is 4.02. The van der Waals surface area contributed by atoms with Crippen molar-refractivity contribution in [2.75, 3.05) is 6.54 Å². The van der Waals surface area contributed by atoms with Crippen LogP contribution in [-0.4, -0.2) is 18.1 Å². The number of fused-ring (bicyclic) bond motifs is 1. The van der Waals surface area contributed by atoms with Gasteiger partial charge in [0.2, 0.25) is 5.78 Å². The molecule has 1 aliphatic carbocycles. The van der Waals surface area contributed by atoms with Crippen LogP contribution in [0.1, 0.15) is 31.8 Å². The second kappa shape index (κ2) is 6.63. The predicted molar refractivity (Wildman–Crippen MR) is 91.7 cm³/mol. The van der Waals surface area contributed by atoms with Gasteiger partial charge in [0, 0.05) is 17.7 Å². The lowest BCUT2D eigenvalue weighted by Crippen LogP contribution is -2.30. The van der Waals surface area contributed by atoms with Crippen molar-refractivity contribution < 1.29 is 22.8 Å². The first-order chi connectivity index (χ1) is 12.3. The number of carbonyl (C=O) groups excluding carboxylic acids is 2. The van der Waals surface area contributed by atoms with E-state index in [1.54, 1.807) is 12.1 Å². The zero-order valence-corrected chi connectivity index (χ0v) is 13.6. The number of halogens is 3. The first-order valence-electron chi connectivity index (χ1n) is 7.79. The van der Waals surface area contributed by atoms with Crippen molar-refractivity contribution in [1.82, 2.24) is 5.32 Å². The van der Waals surface area contributed by atoms with Crippen molar-refractivity contribution >= 4 is 17.1 Å². The van der Waals surface area contributed by atoms with Crippen LogP contribution in [0, 0.1) is 0 Å². The number of alkyl halides is 3. The first kappa shape index (κ1) is 17.7. The molecule has 0 aliphatic heterocycles. The first-order valence-corrected chi connectivity index (χ1v) is 7.79. The van der Waals surface area contributed by atoms with E-state index in [4.69, 9.17) is 0 Å². The van der Waals surface area contributed by atoms with Gasteiger partial charge in [-0.1, -0.05) is 42.5 Å². The van der Waals surface area contributed by atoms with E-state index in [0.717, 1.165) is 12.1 Å². The topological polar surface area (TPSA) is 46.2 Å². The van der Waals surface area contributed by atoms with Crippen molar-refractivity contribution in [3.63, 3.8) is 0 Å². The van der Waals surface area contributed by atoms with E-state index in [1.165, 1.54) is 30.3 Å². The average Bonchev–Trinajstić information content (AvgIpc) is 2.63. The summed E-state index contributed by atoms with van der Waals surface area (Å²) in [6.45, 7) is 3.74. The van der Waals surface area contributed by atoms with Gasteiger partial charge in [0.15, 0.2) is 5.78 Å². The molecule has 0 saturated carbocycles. The standard InChI is InChI=1S/C20H14F3NO2/c1-2-10-24-17-16(12-6-5-7-13(11-12)20(21,22)23)18(25)14-8-3-4-9-15(14)19(17)26/h2-9,11,24H,1,10H2. The molecule has 3 rings (SSSR count). The minimum absolute atomic E-state index is 0.0204.